The molecule has 1 rings (SSSR count). The molecule has 1 heterocycles. The van der Waals surface area contributed by atoms with Crippen LogP contribution in [0.4, 0.5) is 4.79 Å². The number of nitrogens with two attached hydrogens (primary N) is 1. The van der Waals surface area contributed by atoms with Crippen molar-refractivity contribution in [1.82, 2.24) is 15.7 Å². The molecule has 0 aliphatic heterocycles. The van der Waals surface area contributed by atoms with Crippen LogP contribution in [0.2, 0.25) is 0 Å². The third-order valence-corrected chi connectivity index (χ3v) is 2.15. The van der Waals surface area contributed by atoms with E-state index in [1.54, 1.807) is 0 Å². The number of nitrogens with one attached hydrogen (secondary N) is 3. The van der Waals surface area contributed by atoms with Gasteiger partial charge in [0.05, 0.1) is 0 Å². The van der Waals surface area contributed by atoms with Crippen molar-refractivity contribution in [3.05, 3.63) is 24.0 Å². The minimum Gasteiger partial charge on any atom is -0.364 e. The van der Waals surface area contributed by atoms with Crippen molar-refractivity contribution in [1.29, 1.82) is 0 Å². The van der Waals surface area contributed by atoms with Crippen molar-refractivity contribution in [3.63, 3.8) is 0 Å². The average Bonchev–Trinajstić information content (AvgIpc) is 2.67. The molecular formula is C9H16N4O. The fourth-order valence-electron chi connectivity index (χ4n) is 1.20. The predicted molar refractivity (Wildman–Crippen MR) is 54.5 cm³/mol. The van der Waals surface area contributed by atoms with E-state index in [4.69, 9.17) is 5.84 Å². The first-order chi connectivity index (χ1) is 6.56. The van der Waals surface area contributed by atoms with Crippen LogP contribution in [-0.4, -0.2) is 17.6 Å². The Labute approximate surface area is 83.0 Å². The molecule has 0 saturated heterocycles. The predicted octanol–water partition coefficient (Wildman–Crippen LogP) is 0.465. The highest BCUT2D eigenvalue weighted by molar-refractivity contribution is 5.73. The van der Waals surface area contributed by atoms with E-state index >= 15 is 0 Å². The lowest BCUT2D eigenvalue weighted by molar-refractivity contribution is 0.238. The van der Waals surface area contributed by atoms with Gasteiger partial charge in [-0.1, -0.05) is 13.8 Å². The molecule has 5 heteroatoms. The molecular weight excluding hydrogens is 180 g/mol. The molecule has 0 fully saturated rings. The number of amides is 2. The summed E-state index contributed by atoms with van der Waals surface area (Å²) in [7, 11) is 0. The quantitative estimate of drug-likeness (QED) is 0.322. The molecule has 5 nitrogen and oxygen atoms in total. The van der Waals surface area contributed by atoms with Crippen molar-refractivity contribution in [2.24, 2.45) is 5.84 Å². The average molecular weight is 196 g/mol. The Morgan fingerprint density at radius 2 is 2.36 bits per heavy atom. The number of aromatic nitrogens is 1. The highest BCUT2D eigenvalue weighted by Crippen LogP contribution is 2.19. The number of H-pyrrole nitrogens is 1. The van der Waals surface area contributed by atoms with Crippen molar-refractivity contribution in [2.45, 2.75) is 19.3 Å². The van der Waals surface area contributed by atoms with Gasteiger partial charge >= 0.3 is 6.03 Å². The van der Waals surface area contributed by atoms with Crippen LogP contribution < -0.4 is 16.6 Å². The molecule has 0 aliphatic rings. The number of urea groups is 1. The maximum Gasteiger partial charge on any atom is 0.328 e. The zero-order valence-corrected chi connectivity index (χ0v) is 8.42. The van der Waals surface area contributed by atoms with Crippen molar-refractivity contribution in [3.8, 4) is 0 Å². The van der Waals surface area contributed by atoms with Gasteiger partial charge in [-0.15, -0.1) is 0 Å². The van der Waals surface area contributed by atoms with Crippen LogP contribution in [-0.2, 0) is 5.41 Å². The molecule has 5 N–H and O–H groups in total. The lowest BCUT2D eigenvalue weighted by atomic mass is 9.89. The number of carbonyl (C=O) groups is 1. The van der Waals surface area contributed by atoms with E-state index in [2.05, 4.69) is 10.3 Å². The van der Waals surface area contributed by atoms with Gasteiger partial charge in [0.2, 0.25) is 0 Å². The summed E-state index contributed by atoms with van der Waals surface area (Å²) in [4.78, 5) is 14.0. The molecule has 0 aromatic carbocycles. The largest absolute Gasteiger partial charge is 0.364 e. The van der Waals surface area contributed by atoms with E-state index in [1.165, 1.54) is 0 Å². The molecule has 0 aliphatic carbocycles. The summed E-state index contributed by atoms with van der Waals surface area (Å²) in [5.74, 6) is 4.95. The lowest BCUT2D eigenvalue weighted by Crippen LogP contribution is -2.44. The van der Waals surface area contributed by atoms with Gasteiger partial charge in [0.25, 0.3) is 0 Å². The Kier molecular flexibility index (Phi) is 3.14. The maximum atomic E-state index is 10.9. The minimum atomic E-state index is -0.371. The number of rotatable bonds is 3. The summed E-state index contributed by atoms with van der Waals surface area (Å²) in [6, 6.07) is 3.55. The molecule has 1 aromatic rings. The van der Waals surface area contributed by atoms with E-state index in [0.29, 0.717) is 6.54 Å². The van der Waals surface area contributed by atoms with Gasteiger partial charge in [0.15, 0.2) is 0 Å². The van der Waals surface area contributed by atoms with Crippen molar-refractivity contribution < 1.29 is 4.79 Å². The lowest BCUT2D eigenvalue weighted by Gasteiger charge is -2.23. The molecule has 14 heavy (non-hydrogen) atoms. The van der Waals surface area contributed by atoms with Gasteiger partial charge in [-0.3, -0.25) is 5.43 Å². The SMILES string of the molecule is CC(C)(CNC(=O)NN)c1ccc[nH]1. The molecule has 2 amide bonds. The van der Waals surface area contributed by atoms with Crippen LogP contribution in [0.25, 0.3) is 0 Å². The summed E-state index contributed by atoms with van der Waals surface area (Å²) < 4.78 is 0. The Bertz CT molecular complexity index is 292. The van der Waals surface area contributed by atoms with E-state index < -0.39 is 0 Å². The number of hydrogen-bond donors (Lipinski definition) is 4. The van der Waals surface area contributed by atoms with Crippen LogP contribution in [0.3, 0.4) is 0 Å². The van der Waals surface area contributed by atoms with Crippen molar-refractivity contribution >= 4 is 6.03 Å². The second-order valence-electron chi connectivity index (χ2n) is 3.79. The molecule has 0 spiro atoms. The van der Waals surface area contributed by atoms with Gasteiger partial charge in [-0.2, -0.15) is 0 Å². The zero-order chi connectivity index (χ0) is 10.6. The Morgan fingerprint density at radius 1 is 1.64 bits per heavy atom. The van der Waals surface area contributed by atoms with Crippen LogP contribution in [0.5, 0.6) is 0 Å². The Balaban J connectivity index is 2.54. The minimum absolute atomic E-state index is 0.129. The number of hydrazine groups is 1. The van der Waals surface area contributed by atoms with Crippen LogP contribution in [0, 0.1) is 0 Å². The standard InChI is InChI=1S/C9H16N4O/c1-9(2,6-12-8(14)13-10)7-4-3-5-11-7/h3-5,11H,6,10H2,1-2H3,(H2,12,13,14). The van der Waals surface area contributed by atoms with Crippen LogP contribution in [0.15, 0.2) is 18.3 Å². The van der Waals surface area contributed by atoms with Gasteiger partial charge in [0, 0.05) is 23.9 Å². The molecule has 0 bridgehead atoms. The Hall–Kier alpha value is -1.49. The third-order valence-electron chi connectivity index (χ3n) is 2.15. The molecule has 0 atom stereocenters. The summed E-state index contributed by atoms with van der Waals surface area (Å²) in [6.07, 6.45) is 1.86. The first-order valence-corrected chi connectivity index (χ1v) is 4.44. The van der Waals surface area contributed by atoms with E-state index in [1.807, 2.05) is 37.6 Å². The monoisotopic (exact) mass is 196 g/mol. The van der Waals surface area contributed by atoms with Crippen LogP contribution in [0.1, 0.15) is 19.5 Å². The highest BCUT2D eigenvalue weighted by Gasteiger charge is 2.21. The van der Waals surface area contributed by atoms with E-state index in [0.717, 1.165) is 5.69 Å². The fraction of sp³-hybridized carbons (Fsp3) is 0.444. The van der Waals surface area contributed by atoms with Gasteiger partial charge in [-0.25, -0.2) is 10.6 Å². The maximum absolute atomic E-state index is 10.9. The molecule has 78 valence electrons. The third kappa shape index (κ3) is 2.50. The topological polar surface area (TPSA) is 82.9 Å². The number of hydrogen-bond acceptors (Lipinski definition) is 2. The summed E-state index contributed by atoms with van der Waals surface area (Å²) >= 11 is 0. The molecule has 1 aromatic heterocycles. The summed E-state index contributed by atoms with van der Waals surface area (Å²) in [5, 5.41) is 2.67. The second-order valence-corrected chi connectivity index (χ2v) is 3.79. The second kappa shape index (κ2) is 4.15. The van der Waals surface area contributed by atoms with Crippen molar-refractivity contribution in [2.75, 3.05) is 6.54 Å². The summed E-state index contributed by atoms with van der Waals surface area (Å²) in [6.45, 7) is 4.60. The molecule has 0 unspecified atom stereocenters. The zero-order valence-electron chi connectivity index (χ0n) is 8.42. The van der Waals surface area contributed by atoms with Gasteiger partial charge in [-0.05, 0) is 12.1 Å². The van der Waals surface area contributed by atoms with E-state index in [9.17, 15) is 4.79 Å². The highest BCUT2D eigenvalue weighted by atomic mass is 16.2. The molecule has 0 saturated carbocycles. The molecule has 0 radical (unpaired) electrons. The van der Waals surface area contributed by atoms with E-state index in [-0.39, 0.29) is 11.4 Å². The Morgan fingerprint density at radius 3 is 2.86 bits per heavy atom. The fourth-order valence-corrected chi connectivity index (χ4v) is 1.20. The van der Waals surface area contributed by atoms with Gasteiger partial charge in [0.1, 0.15) is 0 Å². The number of aromatic amines is 1. The number of carbonyl (C=O) groups excluding carboxylic acids is 1. The smallest absolute Gasteiger partial charge is 0.328 e. The first-order valence-electron chi connectivity index (χ1n) is 4.44. The van der Waals surface area contributed by atoms with Crippen LogP contribution >= 0.6 is 0 Å². The normalized spacial score (nSPS) is 11.1. The summed E-state index contributed by atoms with van der Waals surface area (Å²) in [5.41, 5.74) is 2.97. The first kappa shape index (κ1) is 10.6. The van der Waals surface area contributed by atoms with Gasteiger partial charge < -0.3 is 10.3 Å².